The molecule has 3 rings (SSSR count). The molecule has 0 saturated carbocycles. The summed E-state index contributed by atoms with van der Waals surface area (Å²) in [6.07, 6.45) is 2.93. The molecule has 1 atom stereocenters. The van der Waals surface area contributed by atoms with Crippen molar-refractivity contribution in [3.8, 4) is 0 Å². The Labute approximate surface area is 127 Å². The smallest absolute Gasteiger partial charge is 0.311 e. The summed E-state index contributed by atoms with van der Waals surface area (Å²) in [5.41, 5.74) is 3.38. The molecule has 2 N–H and O–H groups in total. The fourth-order valence-corrected chi connectivity index (χ4v) is 3.01. The van der Waals surface area contributed by atoms with Gasteiger partial charge in [0.1, 0.15) is 12.2 Å². The Morgan fingerprint density at radius 2 is 2.14 bits per heavy atom. The first-order valence-electron chi connectivity index (χ1n) is 7.23. The number of carboxylic acid groups (broad SMARTS) is 1. The quantitative estimate of drug-likeness (QED) is 0.909. The zero-order chi connectivity index (χ0) is 15.7. The summed E-state index contributed by atoms with van der Waals surface area (Å²) in [4.78, 5) is 23.4. The van der Waals surface area contributed by atoms with Crippen LogP contribution in [0.25, 0.3) is 0 Å². The van der Waals surface area contributed by atoms with Gasteiger partial charge < -0.3 is 14.8 Å². The molecular formula is C17H17NO4. The van der Waals surface area contributed by atoms with Gasteiger partial charge in [-0.3, -0.25) is 9.59 Å². The minimum absolute atomic E-state index is 0.0318. The monoisotopic (exact) mass is 299 g/mol. The number of fused-ring (bicyclic) bond motifs is 1. The number of carboxylic acids is 1. The molecule has 114 valence electrons. The van der Waals surface area contributed by atoms with Crippen LogP contribution in [0.3, 0.4) is 0 Å². The Kier molecular flexibility index (Phi) is 3.71. The SMILES string of the molecule is Cc1coc(CC(=O)O)c1C(=O)NC1CCc2ccccc21. The van der Waals surface area contributed by atoms with Crippen molar-refractivity contribution < 1.29 is 19.1 Å². The number of benzene rings is 1. The van der Waals surface area contributed by atoms with Crippen molar-refractivity contribution in [3.63, 3.8) is 0 Å². The first-order chi connectivity index (χ1) is 10.6. The maximum Gasteiger partial charge on any atom is 0.311 e. The number of furan rings is 1. The maximum absolute atomic E-state index is 12.5. The topological polar surface area (TPSA) is 79.5 Å². The molecule has 1 aromatic carbocycles. The van der Waals surface area contributed by atoms with Gasteiger partial charge in [0, 0.05) is 5.56 Å². The van der Waals surface area contributed by atoms with E-state index in [1.54, 1.807) is 6.92 Å². The number of hydrogen-bond donors (Lipinski definition) is 2. The van der Waals surface area contributed by atoms with Gasteiger partial charge in [0.15, 0.2) is 0 Å². The summed E-state index contributed by atoms with van der Waals surface area (Å²) >= 11 is 0. The van der Waals surface area contributed by atoms with Crippen molar-refractivity contribution in [1.82, 2.24) is 5.32 Å². The largest absolute Gasteiger partial charge is 0.481 e. The molecule has 5 nitrogen and oxygen atoms in total. The van der Waals surface area contributed by atoms with E-state index in [2.05, 4.69) is 11.4 Å². The van der Waals surface area contributed by atoms with Crippen LogP contribution in [0.2, 0.25) is 0 Å². The zero-order valence-electron chi connectivity index (χ0n) is 12.3. The highest BCUT2D eigenvalue weighted by atomic mass is 16.4. The highest BCUT2D eigenvalue weighted by Crippen LogP contribution is 2.31. The van der Waals surface area contributed by atoms with Crippen molar-refractivity contribution in [2.24, 2.45) is 0 Å². The molecule has 0 fully saturated rings. The Hall–Kier alpha value is -2.56. The summed E-state index contributed by atoms with van der Waals surface area (Å²) in [6, 6.07) is 8.01. The highest BCUT2D eigenvalue weighted by Gasteiger charge is 2.27. The second-order valence-electron chi connectivity index (χ2n) is 5.55. The second kappa shape index (κ2) is 5.67. The molecule has 22 heavy (non-hydrogen) atoms. The van der Waals surface area contributed by atoms with Crippen LogP contribution in [0.1, 0.15) is 45.3 Å². The van der Waals surface area contributed by atoms with E-state index in [0.29, 0.717) is 11.1 Å². The minimum atomic E-state index is -1.02. The van der Waals surface area contributed by atoms with Crippen LogP contribution in [0, 0.1) is 6.92 Å². The average Bonchev–Trinajstić information content (AvgIpc) is 3.03. The Bertz CT molecular complexity index is 732. The second-order valence-corrected chi connectivity index (χ2v) is 5.55. The minimum Gasteiger partial charge on any atom is -0.481 e. The average molecular weight is 299 g/mol. The molecule has 0 bridgehead atoms. The van der Waals surface area contributed by atoms with Gasteiger partial charge in [-0.05, 0) is 30.9 Å². The Morgan fingerprint density at radius 3 is 2.91 bits per heavy atom. The molecule has 1 heterocycles. The Balaban J connectivity index is 1.81. The molecule has 1 aromatic heterocycles. The van der Waals surface area contributed by atoms with Crippen molar-refractivity contribution in [3.05, 3.63) is 58.5 Å². The van der Waals surface area contributed by atoms with Crippen LogP contribution in [0.4, 0.5) is 0 Å². The van der Waals surface area contributed by atoms with E-state index in [-0.39, 0.29) is 24.1 Å². The lowest BCUT2D eigenvalue weighted by Gasteiger charge is -2.14. The van der Waals surface area contributed by atoms with Gasteiger partial charge in [-0.15, -0.1) is 0 Å². The lowest BCUT2D eigenvalue weighted by atomic mass is 10.1. The highest BCUT2D eigenvalue weighted by molar-refractivity contribution is 5.97. The van der Waals surface area contributed by atoms with Gasteiger partial charge in [0.25, 0.3) is 5.91 Å². The van der Waals surface area contributed by atoms with Crippen LogP contribution in [-0.4, -0.2) is 17.0 Å². The van der Waals surface area contributed by atoms with E-state index in [0.717, 1.165) is 18.4 Å². The number of hydrogen-bond acceptors (Lipinski definition) is 3. The van der Waals surface area contributed by atoms with Crippen molar-refractivity contribution >= 4 is 11.9 Å². The lowest BCUT2D eigenvalue weighted by Crippen LogP contribution is -2.28. The van der Waals surface area contributed by atoms with Crippen molar-refractivity contribution in [2.75, 3.05) is 0 Å². The van der Waals surface area contributed by atoms with E-state index >= 15 is 0 Å². The third-order valence-corrected chi connectivity index (χ3v) is 4.03. The number of carbonyl (C=O) groups is 2. The first kappa shape index (κ1) is 14.4. The molecule has 5 heteroatoms. The summed E-state index contributed by atoms with van der Waals surface area (Å²) in [5.74, 6) is -1.09. The third kappa shape index (κ3) is 2.62. The van der Waals surface area contributed by atoms with Crippen LogP contribution in [0.5, 0.6) is 0 Å². The third-order valence-electron chi connectivity index (χ3n) is 4.03. The number of aliphatic carboxylic acids is 1. The van der Waals surface area contributed by atoms with Crippen LogP contribution < -0.4 is 5.32 Å². The molecule has 1 unspecified atom stereocenters. The number of aryl methyl sites for hydroxylation is 2. The van der Waals surface area contributed by atoms with Gasteiger partial charge in [-0.2, -0.15) is 0 Å². The predicted molar refractivity (Wildman–Crippen MR) is 79.8 cm³/mol. The molecule has 0 radical (unpaired) electrons. The summed E-state index contributed by atoms with van der Waals surface area (Å²) in [6.45, 7) is 1.74. The summed E-state index contributed by atoms with van der Waals surface area (Å²) < 4.78 is 5.22. The normalized spacial score (nSPS) is 16.3. The van der Waals surface area contributed by atoms with Crippen LogP contribution >= 0.6 is 0 Å². The van der Waals surface area contributed by atoms with Crippen LogP contribution in [0.15, 0.2) is 34.9 Å². The zero-order valence-corrected chi connectivity index (χ0v) is 12.3. The number of carbonyl (C=O) groups excluding carboxylic acids is 1. The number of nitrogens with one attached hydrogen (secondary N) is 1. The molecular weight excluding hydrogens is 282 g/mol. The van der Waals surface area contributed by atoms with E-state index in [4.69, 9.17) is 9.52 Å². The molecule has 1 aliphatic rings. The molecule has 0 aliphatic heterocycles. The molecule has 0 spiro atoms. The number of rotatable bonds is 4. The van der Waals surface area contributed by atoms with E-state index < -0.39 is 5.97 Å². The first-order valence-corrected chi connectivity index (χ1v) is 7.23. The van der Waals surface area contributed by atoms with Gasteiger partial charge in [-0.25, -0.2) is 0 Å². The number of amides is 1. The summed E-state index contributed by atoms with van der Waals surface area (Å²) in [5, 5.41) is 11.9. The van der Waals surface area contributed by atoms with E-state index in [1.165, 1.54) is 11.8 Å². The maximum atomic E-state index is 12.5. The van der Waals surface area contributed by atoms with Gasteiger partial charge in [-0.1, -0.05) is 24.3 Å². The summed E-state index contributed by atoms with van der Waals surface area (Å²) in [7, 11) is 0. The van der Waals surface area contributed by atoms with Gasteiger partial charge >= 0.3 is 5.97 Å². The van der Waals surface area contributed by atoms with Crippen LogP contribution in [-0.2, 0) is 17.6 Å². The standard InChI is InChI=1S/C17H17NO4/c1-10-9-22-14(8-15(19)20)16(10)17(21)18-13-7-6-11-4-2-3-5-12(11)13/h2-5,9,13H,6-8H2,1H3,(H,18,21)(H,19,20). The Morgan fingerprint density at radius 1 is 1.36 bits per heavy atom. The van der Waals surface area contributed by atoms with E-state index in [9.17, 15) is 9.59 Å². The molecule has 2 aromatic rings. The van der Waals surface area contributed by atoms with Gasteiger partial charge in [0.2, 0.25) is 0 Å². The van der Waals surface area contributed by atoms with Gasteiger partial charge in [0.05, 0.1) is 17.9 Å². The fourth-order valence-electron chi connectivity index (χ4n) is 3.01. The van der Waals surface area contributed by atoms with E-state index in [1.807, 2.05) is 18.2 Å². The molecule has 1 amide bonds. The predicted octanol–water partition coefficient (Wildman–Crippen LogP) is 2.63. The fraction of sp³-hybridized carbons (Fsp3) is 0.294. The van der Waals surface area contributed by atoms with Crippen molar-refractivity contribution in [2.45, 2.75) is 32.2 Å². The molecule has 1 aliphatic carbocycles. The molecule has 0 saturated heterocycles. The van der Waals surface area contributed by atoms with Crippen molar-refractivity contribution in [1.29, 1.82) is 0 Å². The lowest BCUT2D eigenvalue weighted by molar-refractivity contribution is -0.136.